The first-order chi connectivity index (χ1) is 7.56. The molecule has 2 N–H and O–H groups in total. The molecule has 16 heavy (non-hydrogen) atoms. The minimum atomic E-state index is -0.713. The van der Waals surface area contributed by atoms with Crippen molar-refractivity contribution in [2.24, 2.45) is 0 Å². The zero-order chi connectivity index (χ0) is 11.8. The lowest BCUT2D eigenvalue weighted by Crippen LogP contribution is -2.39. The summed E-state index contributed by atoms with van der Waals surface area (Å²) < 4.78 is 4.73. The number of amides is 1. The van der Waals surface area contributed by atoms with Gasteiger partial charge in [0.05, 0.1) is 18.2 Å². The lowest BCUT2D eigenvalue weighted by Gasteiger charge is -2.12. The van der Waals surface area contributed by atoms with Gasteiger partial charge < -0.3 is 14.8 Å². The van der Waals surface area contributed by atoms with Crippen molar-refractivity contribution in [1.29, 1.82) is 0 Å². The van der Waals surface area contributed by atoms with Crippen LogP contribution in [0.1, 0.15) is 23.4 Å². The average molecular weight is 226 g/mol. The predicted molar refractivity (Wildman–Crippen MR) is 51.9 cm³/mol. The van der Waals surface area contributed by atoms with E-state index in [0.29, 0.717) is 12.8 Å². The van der Waals surface area contributed by atoms with Crippen molar-refractivity contribution >= 4 is 11.8 Å². The van der Waals surface area contributed by atoms with Crippen molar-refractivity contribution < 1.29 is 19.2 Å². The summed E-state index contributed by atoms with van der Waals surface area (Å²) in [7, 11) is 0. The van der Waals surface area contributed by atoms with Crippen LogP contribution in [-0.2, 0) is 0 Å². The van der Waals surface area contributed by atoms with Gasteiger partial charge in [-0.25, -0.2) is 0 Å². The second-order valence-electron chi connectivity index (χ2n) is 3.79. The molecule has 7 heteroatoms. The molecular formula is C9H10N2O5. The van der Waals surface area contributed by atoms with Gasteiger partial charge in [-0.3, -0.25) is 14.9 Å². The van der Waals surface area contributed by atoms with E-state index in [2.05, 4.69) is 5.32 Å². The van der Waals surface area contributed by atoms with E-state index in [1.807, 2.05) is 0 Å². The van der Waals surface area contributed by atoms with Crippen molar-refractivity contribution in [3.05, 3.63) is 28.0 Å². The summed E-state index contributed by atoms with van der Waals surface area (Å²) >= 11 is 0. The molecule has 1 fully saturated rings. The van der Waals surface area contributed by atoms with E-state index in [0.717, 1.165) is 6.07 Å². The topological polar surface area (TPSA) is 106 Å². The van der Waals surface area contributed by atoms with Crippen LogP contribution in [0.2, 0.25) is 0 Å². The SMILES string of the molecule is O=C(NC1(CO)CC1)c1ccc([N+](=O)[O-])o1. The summed E-state index contributed by atoms with van der Waals surface area (Å²) in [5.74, 6) is -1.13. The minimum absolute atomic E-state index is 0.119. The molecule has 0 saturated heterocycles. The number of hydrogen-bond donors (Lipinski definition) is 2. The highest BCUT2D eigenvalue weighted by molar-refractivity contribution is 5.92. The number of nitrogens with one attached hydrogen (secondary N) is 1. The Morgan fingerprint density at radius 2 is 2.31 bits per heavy atom. The number of aliphatic hydroxyl groups excluding tert-OH is 1. The number of rotatable bonds is 4. The summed E-state index contributed by atoms with van der Waals surface area (Å²) in [4.78, 5) is 21.2. The van der Waals surface area contributed by atoms with Gasteiger partial charge >= 0.3 is 5.88 Å². The van der Waals surface area contributed by atoms with Gasteiger partial charge in [-0.05, 0) is 18.9 Å². The fourth-order valence-corrected chi connectivity index (χ4v) is 1.32. The van der Waals surface area contributed by atoms with Crippen LogP contribution < -0.4 is 5.32 Å². The second kappa shape index (κ2) is 3.60. The number of carbonyl (C=O) groups excluding carboxylic acids is 1. The third-order valence-electron chi connectivity index (χ3n) is 2.53. The molecule has 0 aromatic carbocycles. The monoisotopic (exact) mass is 226 g/mol. The Kier molecular flexibility index (Phi) is 2.39. The summed E-state index contributed by atoms with van der Waals surface area (Å²) in [6.07, 6.45) is 1.41. The molecule has 0 spiro atoms. The highest BCUT2D eigenvalue weighted by Gasteiger charge is 2.44. The van der Waals surface area contributed by atoms with Gasteiger partial charge in [0.15, 0.2) is 5.76 Å². The zero-order valence-electron chi connectivity index (χ0n) is 8.30. The van der Waals surface area contributed by atoms with Gasteiger partial charge in [0.1, 0.15) is 4.92 Å². The van der Waals surface area contributed by atoms with E-state index < -0.39 is 22.3 Å². The molecule has 7 nitrogen and oxygen atoms in total. The minimum Gasteiger partial charge on any atom is -0.395 e. The Morgan fingerprint density at radius 1 is 1.62 bits per heavy atom. The van der Waals surface area contributed by atoms with Gasteiger partial charge in [0.2, 0.25) is 0 Å². The summed E-state index contributed by atoms with van der Waals surface area (Å²) in [6.45, 7) is -0.137. The number of furan rings is 1. The normalized spacial score (nSPS) is 16.8. The highest BCUT2D eigenvalue weighted by atomic mass is 16.6. The molecule has 1 saturated carbocycles. The number of hydrogen-bond acceptors (Lipinski definition) is 5. The fraction of sp³-hybridized carbons (Fsp3) is 0.444. The zero-order valence-corrected chi connectivity index (χ0v) is 8.30. The summed E-state index contributed by atoms with van der Waals surface area (Å²) in [5.41, 5.74) is -0.557. The van der Waals surface area contributed by atoms with Crippen LogP contribution in [0.4, 0.5) is 5.88 Å². The molecule has 1 aromatic rings. The molecule has 1 heterocycles. The highest BCUT2D eigenvalue weighted by Crippen LogP contribution is 2.34. The van der Waals surface area contributed by atoms with E-state index in [1.165, 1.54) is 6.07 Å². The molecule has 0 atom stereocenters. The largest absolute Gasteiger partial charge is 0.433 e. The first kappa shape index (κ1) is 10.6. The summed E-state index contributed by atoms with van der Waals surface area (Å²) in [5, 5.41) is 21.9. The Hall–Kier alpha value is -1.89. The maximum atomic E-state index is 11.6. The van der Waals surface area contributed by atoms with Crippen LogP contribution >= 0.6 is 0 Å². The molecule has 2 rings (SSSR count). The van der Waals surface area contributed by atoms with Gasteiger partial charge in [0, 0.05) is 0 Å². The molecule has 1 amide bonds. The van der Waals surface area contributed by atoms with Crippen LogP contribution in [0.25, 0.3) is 0 Å². The molecule has 0 radical (unpaired) electrons. The molecule has 86 valence electrons. The van der Waals surface area contributed by atoms with E-state index >= 15 is 0 Å². The van der Waals surface area contributed by atoms with Crippen LogP contribution in [0.3, 0.4) is 0 Å². The third-order valence-corrected chi connectivity index (χ3v) is 2.53. The Balaban J connectivity index is 2.06. The van der Waals surface area contributed by atoms with Gasteiger partial charge in [-0.15, -0.1) is 0 Å². The number of aliphatic hydroxyl groups is 1. The summed E-state index contributed by atoms with van der Waals surface area (Å²) in [6, 6.07) is 2.36. The predicted octanol–water partition coefficient (Wildman–Crippen LogP) is 0.442. The maximum absolute atomic E-state index is 11.6. The number of carbonyl (C=O) groups is 1. The lowest BCUT2D eigenvalue weighted by molar-refractivity contribution is -0.402. The van der Waals surface area contributed by atoms with Gasteiger partial charge in [0.25, 0.3) is 5.91 Å². The first-order valence-electron chi connectivity index (χ1n) is 4.74. The van der Waals surface area contributed by atoms with Crippen LogP contribution in [0.15, 0.2) is 16.5 Å². The third kappa shape index (κ3) is 1.89. The number of nitrogens with zero attached hydrogens (tertiary/aromatic N) is 1. The standard InChI is InChI=1S/C9H10N2O5/c12-5-9(3-4-9)10-8(13)6-1-2-7(16-6)11(14)15/h1-2,12H,3-5H2,(H,10,13). The van der Waals surface area contributed by atoms with Crippen LogP contribution in [0.5, 0.6) is 0 Å². The van der Waals surface area contributed by atoms with E-state index in [-0.39, 0.29) is 12.4 Å². The van der Waals surface area contributed by atoms with E-state index in [4.69, 9.17) is 9.52 Å². The molecule has 1 aliphatic carbocycles. The van der Waals surface area contributed by atoms with Crippen molar-refractivity contribution in [1.82, 2.24) is 5.32 Å². The smallest absolute Gasteiger partial charge is 0.395 e. The molecule has 0 bridgehead atoms. The number of nitro groups is 1. The van der Waals surface area contributed by atoms with Crippen molar-refractivity contribution in [2.45, 2.75) is 18.4 Å². The molecular weight excluding hydrogens is 216 g/mol. The second-order valence-corrected chi connectivity index (χ2v) is 3.79. The van der Waals surface area contributed by atoms with Crippen molar-refractivity contribution in [3.63, 3.8) is 0 Å². The quantitative estimate of drug-likeness (QED) is 0.572. The van der Waals surface area contributed by atoms with Gasteiger partial charge in [-0.1, -0.05) is 0 Å². The molecule has 0 aliphatic heterocycles. The Morgan fingerprint density at radius 3 is 2.75 bits per heavy atom. The van der Waals surface area contributed by atoms with E-state index in [9.17, 15) is 14.9 Å². The fourth-order valence-electron chi connectivity index (χ4n) is 1.32. The first-order valence-corrected chi connectivity index (χ1v) is 4.74. The van der Waals surface area contributed by atoms with Gasteiger partial charge in [-0.2, -0.15) is 0 Å². The molecule has 1 aromatic heterocycles. The van der Waals surface area contributed by atoms with Crippen molar-refractivity contribution in [3.8, 4) is 0 Å². The van der Waals surface area contributed by atoms with Crippen LogP contribution in [-0.4, -0.2) is 28.1 Å². The Bertz CT molecular complexity index is 435. The van der Waals surface area contributed by atoms with E-state index in [1.54, 1.807) is 0 Å². The van der Waals surface area contributed by atoms with Crippen LogP contribution in [0, 0.1) is 10.1 Å². The Labute approximate surface area is 90.2 Å². The maximum Gasteiger partial charge on any atom is 0.433 e. The average Bonchev–Trinajstić information content (AvgIpc) is 2.83. The molecule has 0 unspecified atom stereocenters. The van der Waals surface area contributed by atoms with Crippen molar-refractivity contribution in [2.75, 3.05) is 6.61 Å². The molecule has 1 aliphatic rings. The lowest BCUT2D eigenvalue weighted by atomic mass is 10.3.